The monoisotopic (exact) mass is 436 g/mol. The van der Waals surface area contributed by atoms with Crippen LogP contribution in [0.15, 0.2) is 41.3 Å². The summed E-state index contributed by atoms with van der Waals surface area (Å²) in [7, 11) is 0.590. The van der Waals surface area contributed by atoms with E-state index in [1.54, 1.807) is 31.2 Å². The average molecular weight is 437 g/mol. The van der Waals surface area contributed by atoms with Crippen LogP contribution in [0.25, 0.3) is 0 Å². The number of rotatable bonds is 10. The zero-order valence-corrected chi connectivity index (χ0v) is 18.7. The van der Waals surface area contributed by atoms with Crippen molar-refractivity contribution < 1.29 is 27.4 Å². The molecular weight excluding hydrogens is 408 g/mol. The van der Waals surface area contributed by atoms with E-state index >= 15 is 0 Å². The molecule has 0 atom stereocenters. The molecule has 0 aromatic heterocycles. The van der Waals surface area contributed by atoms with E-state index in [0.29, 0.717) is 35.0 Å². The summed E-state index contributed by atoms with van der Waals surface area (Å²) in [6.07, 6.45) is 0. The fourth-order valence-corrected chi connectivity index (χ4v) is 4.12. The number of carbonyl (C=O) groups is 1. The van der Waals surface area contributed by atoms with Crippen LogP contribution in [0, 0.1) is 6.92 Å². The number of hydrogen-bond acceptors (Lipinski definition) is 6. The second-order valence-electron chi connectivity index (χ2n) is 6.54. The zero-order chi connectivity index (χ0) is 22.3. The molecule has 2 aromatic rings. The number of benzene rings is 2. The molecule has 30 heavy (non-hydrogen) atoms. The number of nitrogens with one attached hydrogen (secondary N) is 1. The Kier molecular flexibility index (Phi) is 8.08. The van der Waals surface area contributed by atoms with Crippen LogP contribution in [0.4, 0.5) is 0 Å². The van der Waals surface area contributed by atoms with Crippen molar-refractivity contribution >= 4 is 15.9 Å². The average Bonchev–Trinajstić information content (AvgIpc) is 2.73. The van der Waals surface area contributed by atoms with Crippen molar-refractivity contribution in [3.63, 3.8) is 0 Å². The first-order valence-corrected chi connectivity index (χ1v) is 10.8. The number of hydrogen-bond donors (Lipinski definition) is 1. The Balaban J connectivity index is 2.08. The number of nitrogens with zero attached hydrogens (tertiary/aromatic N) is 1. The van der Waals surface area contributed by atoms with Gasteiger partial charge >= 0.3 is 0 Å². The van der Waals surface area contributed by atoms with Gasteiger partial charge in [0.25, 0.3) is 0 Å². The molecule has 0 aliphatic carbocycles. The summed E-state index contributed by atoms with van der Waals surface area (Å²) in [5, 5.41) is 2.72. The third-order valence-electron chi connectivity index (χ3n) is 4.51. The standard InChI is InChI=1S/C21H28N2O6S/c1-6-29-18-11-10-16(12-15(18)2)30(25,26)23(3)14-21(24)22-13-17-19(27-4)8-7-9-20(17)28-5/h7-12H,6,13-14H2,1-5H3,(H,22,24). The molecule has 0 heterocycles. The number of amides is 1. The highest BCUT2D eigenvalue weighted by atomic mass is 32.2. The number of carbonyl (C=O) groups excluding carboxylic acids is 1. The van der Waals surface area contributed by atoms with Gasteiger partial charge in [0.1, 0.15) is 17.2 Å². The maximum Gasteiger partial charge on any atom is 0.243 e. The molecule has 0 radical (unpaired) electrons. The van der Waals surface area contributed by atoms with Gasteiger partial charge in [-0.2, -0.15) is 4.31 Å². The Labute approximate surface area is 177 Å². The van der Waals surface area contributed by atoms with Gasteiger partial charge in [0.05, 0.1) is 44.4 Å². The number of ether oxygens (including phenoxy) is 3. The van der Waals surface area contributed by atoms with E-state index in [1.807, 2.05) is 6.92 Å². The molecule has 0 aliphatic heterocycles. The van der Waals surface area contributed by atoms with Crippen LogP contribution in [0.2, 0.25) is 0 Å². The van der Waals surface area contributed by atoms with E-state index in [4.69, 9.17) is 14.2 Å². The van der Waals surface area contributed by atoms with Crippen molar-refractivity contribution in [3.8, 4) is 17.2 Å². The largest absolute Gasteiger partial charge is 0.496 e. The Morgan fingerprint density at radius 2 is 1.70 bits per heavy atom. The van der Waals surface area contributed by atoms with Crippen LogP contribution in [-0.4, -0.2) is 53.0 Å². The number of likely N-dealkylation sites (N-methyl/N-ethyl adjacent to an activating group) is 1. The minimum Gasteiger partial charge on any atom is -0.496 e. The van der Waals surface area contributed by atoms with Gasteiger partial charge < -0.3 is 19.5 Å². The van der Waals surface area contributed by atoms with Gasteiger partial charge in [0.15, 0.2) is 0 Å². The highest BCUT2D eigenvalue weighted by molar-refractivity contribution is 7.89. The minimum absolute atomic E-state index is 0.102. The normalized spacial score (nSPS) is 11.3. The molecule has 2 aromatic carbocycles. The van der Waals surface area contributed by atoms with Gasteiger partial charge in [-0.05, 0) is 49.7 Å². The molecule has 0 spiro atoms. The van der Waals surface area contributed by atoms with Crippen molar-refractivity contribution in [1.82, 2.24) is 9.62 Å². The smallest absolute Gasteiger partial charge is 0.243 e. The Morgan fingerprint density at radius 1 is 1.07 bits per heavy atom. The fraction of sp³-hybridized carbons (Fsp3) is 0.381. The fourth-order valence-electron chi connectivity index (χ4n) is 2.91. The third-order valence-corrected chi connectivity index (χ3v) is 6.31. The molecule has 0 fully saturated rings. The highest BCUT2D eigenvalue weighted by Crippen LogP contribution is 2.28. The molecule has 2 rings (SSSR count). The van der Waals surface area contributed by atoms with Gasteiger partial charge in [0, 0.05) is 7.05 Å². The van der Waals surface area contributed by atoms with Crippen LogP contribution in [0.1, 0.15) is 18.1 Å². The molecule has 1 amide bonds. The molecule has 1 N–H and O–H groups in total. The quantitative estimate of drug-likeness (QED) is 0.614. The maximum absolute atomic E-state index is 12.8. The second kappa shape index (κ2) is 10.3. The molecule has 164 valence electrons. The third kappa shape index (κ3) is 5.43. The van der Waals surface area contributed by atoms with E-state index in [1.165, 1.54) is 33.4 Å². The zero-order valence-electron chi connectivity index (χ0n) is 17.9. The SMILES string of the molecule is CCOc1ccc(S(=O)(=O)N(C)CC(=O)NCc2c(OC)cccc2OC)cc1C. The van der Waals surface area contributed by atoms with Gasteiger partial charge in [-0.3, -0.25) is 4.79 Å². The summed E-state index contributed by atoms with van der Waals surface area (Å²) in [6, 6.07) is 9.93. The summed E-state index contributed by atoms with van der Waals surface area (Å²) >= 11 is 0. The molecule has 9 heteroatoms. The lowest BCUT2D eigenvalue weighted by atomic mass is 10.1. The summed E-state index contributed by atoms with van der Waals surface area (Å²) in [5.74, 6) is 1.32. The number of aryl methyl sites for hydroxylation is 1. The number of methoxy groups -OCH3 is 2. The molecule has 8 nitrogen and oxygen atoms in total. The first-order chi connectivity index (χ1) is 14.2. The van der Waals surface area contributed by atoms with Gasteiger partial charge in [0.2, 0.25) is 15.9 Å². The van der Waals surface area contributed by atoms with Gasteiger partial charge in [-0.1, -0.05) is 6.07 Å². The lowest BCUT2D eigenvalue weighted by Crippen LogP contribution is -2.38. The Hall–Kier alpha value is -2.78. The lowest BCUT2D eigenvalue weighted by molar-refractivity contribution is -0.121. The number of sulfonamides is 1. The minimum atomic E-state index is -3.83. The van der Waals surface area contributed by atoms with E-state index in [9.17, 15) is 13.2 Å². The first-order valence-electron chi connectivity index (χ1n) is 9.40. The van der Waals surface area contributed by atoms with Crippen LogP contribution in [0.5, 0.6) is 17.2 Å². The molecule has 0 unspecified atom stereocenters. The Morgan fingerprint density at radius 3 is 2.23 bits per heavy atom. The summed E-state index contributed by atoms with van der Waals surface area (Å²) in [6.45, 7) is 3.94. The predicted octanol–water partition coefficient (Wildman–Crippen LogP) is 2.35. The molecule has 0 aliphatic rings. The van der Waals surface area contributed by atoms with E-state index in [2.05, 4.69) is 5.32 Å². The summed E-state index contributed by atoms with van der Waals surface area (Å²) in [4.78, 5) is 12.5. The Bertz CT molecular complexity index is 969. The van der Waals surface area contributed by atoms with E-state index in [0.717, 1.165) is 4.31 Å². The van der Waals surface area contributed by atoms with Crippen LogP contribution < -0.4 is 19.5 Å². The summed E-state index contributed by atoms with van der Waals surface area (Å²) in [5.41, 5.74) is 1.38. The predicted molar refractivity (Wildman–Crippen MR) is 114 cm³/mol. The lowest BCUT2D eigenvalue weighted by Gasteiger charge is -2.18. The second-order valence-corrected chi connectivity index (χ2v) is 8.58. The van der Waals surface area contributed by atoms with Crippen LogP contribution in [-0.2, 0) is 21.4 Å². The van der Waals surface area contributed by atoms with Crippen molar-refractivity contribution in [1.29, 1.82) is 0 Å². The highest BCUT2D eigenvalue weighted by Gasteiger charge is 2.24. The van der Waals surface area contributed by atoms with Crippen molar-refractivity contribution in [2.45, 2.75) is 25.3 Å². The van der Waals surface area contributed by atoms with Gasteiger partial charge in [-0.25, -0.2) is 8.42 Å². The topological polar surface area (TPSA) is 94.2 Å². The molecule has 0 bridgehead atoms. The molecule has 0 saturated carbocycles. The molecule has 0 saturated heterocycles. The van der Waals surface area contributed by atoms with Crippen LogP contribution in [0.3, 0.4) is 0 Å². The van der Waals surface area contributed by atoms with Gasteiger partial charge in [-0.15, -0.1) is 0 Å². The van der Waals surface area contributed by atoms with Crippen molar-refractivity contribution in [3.05, 3.63) is 47.5 Å². The van der Waals surface area contributed by atoms with Crippen molar-refractivity contribution in [2.24, 2.45) is 0 Å². The van der Waals surface area contributed by atoms with Crippen LogP contribution >= 0.6 is 0 Å². The maximum atomic E-state index is 12.8. The molecular formula is C21H28N2O6S. The van der Waals surface area contributed by atoms with E-state index < -0.39 is 15.9 Å². The van der Waals surface area contributed by atoms with Crippen molar-refractivity contribution in [2.75, 3.05) is 34.4 Å². The van der Waals surface area contributed by atoms with E-state index in [-0.39, 0.29) is 18.0 Å². The summed E-state index contributed by atoms with van der Waals surface area (Å²) < 4.78 is 42.7. The first kappa shape index (κ1) is 23.5.